The van der Waals surface area contributed by atoms with Gasteiger partial charge in [0, 0.05) is 6.54 Å². The van der Waals surface area contributed by atoms with Crippen molar-refractivity contribution < 1.29 is 13.2 Å². The molecule has 1 aliphatic rings. The van der Waals surface area contributed by atoms with E-state index < -0.39 is 16.1 Å². The normalized spacial score (nSPS) is 19.5. The quantitative estimate of drug-likeness (QED) is 0.904. The molecule has 0 aliphatic carbocycles. The summed E-state index contributed by atoms with van der Waals surface area (Å²) in [6.07, 6.45) is 3.34. The fraction of sp³-hybridized carbons (Fsp3) is 0.500. The van der Waals surface area contributed by atoms with Gasteiger partial charge in [0.2, 0.25) is 15.9 Å². The highest BCUT2D eigenvalue weighted by Crippen LogP contribution is 2.30. The van der Waals surface area contributed by atoms with Gasteiger partial charge in [-0.25, -0.2) is 13.4 Å². The zero-order valence-electron chi connectivity index (χ0n) is 14.0. The molecular formula is C16H21N3O3S2. The van der Waals surface area contributed by atoms with Gasteiger partial charge in [-0.05, 0) is 43.9 Å². The number of fused-ring (bicyclic) bond motifs is 1. The Kier molecular flexibility index (Phi) is 4.63. The lowest BCUT2D eigenvalue weighted by molar-refractivity contribution is -0.120. The molecule has 1 atom stereocenters. The summed E-state index contributed by atoms with van der Waals surface area (Å²) in [5.41, 5.74) is 3.10. The zero-order chi connectivity index (χ0) is 17.5. The summed E-state index contributed by atoms with van der Waals surface area (Å²) in [7, 11) is -3.39. The maximum absolute atomic E-state index is 12.6. The maximum Gasteiger partial charge on any atom is 0.244 e. The van der Waals surface area contributed by atoms with E-state index in [9.17, 15) is 13.2 Å². The molecule has 0 spiro atoms. The molecule has 130 valence electrons. The summed E-state index contributed by atoms with van der Waals surface area (Å²) in [5.74, 6) is -0.298. The number of aromatic nitrogens is 1. The Labute approximate surface area is 145 Å². The molecule has 24 heavy (non-hydrogen) atoms. The summed E-state index contributed by atoms with van der Waals surface area (Å²) in [4.78, 5) is 17.1. The second-order valence-electron chi connectivity index (χ2n) is 6.32. The Morgan fingerprint density at radius 1 is 1.33 bits per heavy atom. The summed E-state index contributed by atoms with van der Waals surface area (Å²) < 4.78 is 26.1. The van der Waals surface area contributed by atoms with E-state index in [-0.39, 0.29) is 5.91 Å². The van der Waals surface area contributed by atoms with E-state index in [1.807, 2.05) is 19.9 Å². The van der Waals surface area contributed by atoms with E-state index in [2.05, 4.69) is 16.4 Å². The third-order valence-electron chi connectivity index (χ3n) is 4.24. The molecule has 1 unspecified atom stereocenters. The Bertz CT molecular complexity index is 889. The van der Waals surface area contributed by atoms with Crippen molar-refractivity contribution in [1.29, 1.82) is 0 Å². The summed E-state index contributed by atoms with van der Waals surface area (Å²) in [6.45, 7) is 4.42. The number of sulfonamides is 1. The lowest BCUT2D eigenvalue weighted by Gasteiger charge is -2.32. The van der Waals surface area contributed by atoms with Crippen molar-refractivity contribution in [3.63, 3.8) is 0 Å². The van der Waals surface area contributed by atoms with Crippen molar-refractivity contribution in [2.75, 3.05) is 18.1 Å². The highest BCUT2D eigenvalue weighted by Gasteiger charge is 2.34. The molecule has 1 aliphatic heterocycles. The van der Waals surface area contributed by atoms with Gasteiger partial charge < -0.3 is 5.32 Å². The van der Waals surface area contributed by atoms with Crippen molar-refractivity contribution in [3.8, 4) is 0 Å². The third kappa shape index (κ3) is 3.45. The molecule has 1 N–H and O–H groups in total. The second-order valence-corrected chi connectivity index (χ2v) is 9.29. The monoisotopic (exact) mass is 367 g/mol. The molecule has 1 saturated heterocycles. The minimum atomic E-state index is -3.39. The van der Waals surface area contributed by atoms with E-state index in [1.54, 1.807) is 0 Å². The van der Waals surface area contributed by atoms with Crippen molar-refractivity contribution >= 4 is 42.6 Å². The molecule has 1 aromatic carbocycles. The number of carbonyl (C=O) groups is 1. The number of carbonyl (C=O) groups excluding carboxylic acids is 1. The fourth-order valence-electron chi connectivity index (χ4n) is 3.18. The van der Waals surface area contributed by atoms with E-state index >= 15 is 0 Å². The van der Waals surface area contributed by atoms with Crippen LogP contribution in [0.25, 0.3) is 10.2 Å². The Morgan fingerprint density at radius 3 is 2.79 bits per heavy atom. The SMILES string of the molecule is Cc1cc(C)c2nc(NC(=O)C3CCCCN3S(C)(=O)=O)sc2c1. The smallest absolute Gasteiger partial charge is 0.244 e. The summed E-state index contributed by atoms with van der Waals surface area (Å²) in [6, 6.07) is 3.45. The summed E-state index contributed by atoms with van der Waals surface area (Å²) >= 11 is 1.42. The molecule has 0 bridgehead atoms. The van der Waals surface area contributed by atoms with Gasteiger partial charge >= 0.3 is 0 Å². The van der Waals surface area contributed by atoms with E-state index in [1.165, 1.54) is 15.6 Å². The number of hydrogen-bond donors (Lipinski definition) is 1. The third-order valence-corrected chi connectivity index (χ3v) is 6.45. The predicted molar refractivity (Wildman–Crippen MR) is 96.9 cm³/mol. The van der Waals surface area contributed by atoms with E-state index in [0.717, 1.165) is 40.4 Å². The van der Waals surface area contributed by atoms with Gasteiger partial charge in [-0.2, -0.15) is 4.31 Å². The van der Waals surface area contributed by atoms with Crippen LogP contribution in [0.3, 0.4) is 0 Å². The first-order valence-electron chi connectivity index (χ1n) is 7.91. The number of rotatable bonds is 3. The van der Waals surface area contributed by atoms with Crippen LogP contribution in [0.2, 0.25) is 0 Å². The van der Waals surface area contributed by atoms with Gasteiger partial charge in [-0.15, -0.1) is 0 Å². The van der Waals surface area contributed by atoms with Crippen LogP contribution < -0.4 is 5.32 Å². The minimum Gasteiger partial charge on any atom is -0.301 e. The Balaban J connectivity index is 1.85. The van der Waals surface area contributed by atoms with Crippen LogP contribution in [0.5, 0.6) is 0 Å². The van der Waals surface area contributed by atoms with Crippen LogP contribution in [0.4, 0.5) is 5.13 Å². The Morgan fingerprint density at radius 2 is 2.08 bits per heavy atom. The number of anilines is 1. The number of nitrogens with zero attached hydrogens (tertiary/aromatic N) is 2. The van der Waals surface area contributed by atoms with Gasteiger partial charge in [-0.3, -0.25) is 4.79 Å². The zero-order valence-corrected chi connectivity index (χ0v) is 15.6. The first-order chi connectivity index (χ1) is 11.3. The Hall–Kier alpha value is -1.51. The standard InChI is InChI=1S/C16H21N3O3S2/c1-10-8-11(2)14-13(9-10)23-16(17-14)18-15(20)12-6-4-5-7-19(12)24(3,21)22/h8-9,12H,4-7H2,1-3H3,(H,17,18,20). The number of hydrogen-bond acceptors (Lipinski definition) is 5. The number of nitrogens with one attached hydrogen (secondary N) is 1. The molecule has 0 radical (unpaired) electrons. The lowest BCUT2D eigenvalue weighted by atomic mass is 10.0. The molecular weight excluding hydrogens is 346 g/mol. The van der Waals surface area contributed by atoms with E-state index in [4.69, 9.17) is 0 Å². The minimum absolute atomic E-state index is 0.298. The van der Waals surface area contributed by atoms with Crippen LogP contribution in [-0.4, -0.2) is 42.5 Å². The van der Waals surface area contributed by atoms with Crippen molar-refractivity contribution in [2.45, 2.75) is 39.2 Å². The average Bonchev–Trinajstić information content (AvgIpc) is 2.89. The molecule has 2 aromatic rings. The number of amides is 1. The predicted octanol–water partition coefficient (Wildman–Crippen LogP) is 2.67. The van der Waals surface area contributed by atoms with Gasteiger partial charge in [0.05, 0.1) is 16.5 Å². The van der Waals surface area contributed by atoms with Gasteiger partial charge in [0.1, 0.15) is 6.04 Å². The molecule has 2 heterocycles. The largest absolute Gasteiger partial charge is 0.301 e. The average molecular weight is 367 g/mol. The van der Waals surface area contributed by atoms with Crippen LogP contribution >= 0.6 is 11.3 Å². The van der Waals surface area contributed by atoms with Crippen molar-refractivity contribution in [2.24, 2.45) is 0 Å². The highest BCUT2D eigenvalue weighted by atomic mass is 32.2. The fourth-order valence-corrected chi connectivity index (χ4v) is 5.35. The topological polar surface area (TPSA) is 79.4 Å². The van der Waals surface area contributed by atoms with Gasteiger partial charge in [-0.1, -0.05) is 23.8 Å². The maximum atomic E-state index is 12.6. The number of piperidine rings is 1. The summed E-state index contributed by atoms with van der Waals surface area (Å²) in [5, 5.41) is 3.33. The van der Waals surface area contributed by atoms with Crippen LogP contribution in [0.1, 0.15) is 30.4 Å². The van der Waals surface area contributed by atoms with Crippen LogP contribution in [0, 0.1) is 13.8 Å². The number of thiazole rings is 1. The van der Waals surface area contributed by atoms with Gasteiger partial charge in [0.25, 0.3) is 0 Å². The molecule has 6 nitrogen and oxygen atoms in total. The molecule has 1 amide bonds. The molecule has 8 heteroatoms. The molecule has 1 aromatic heterocycles. The second kappa shape index (κ2) is 6.42. The van der Waals surface area contributed by atoms with E-state index in [0.29, 0.717) is 18.1 Å². The first kappa shape index (κ1) is 17.3. The molecule has 3 rings (SSSR count). The number of benzene rings is 1. The van der Waals surface area contributed by atoms with Crippen molar-refractivity contribution in [1.82, 2.24) is 9.29 Å². The van der Waals surface area contributed by atoms with Crippen LogP contribution in [0.15, 0.2) is 12.1 Å². The first-order valence-corrected chi connectivity index (χ1v) is 10.6. The highest BCUT2D eigenvalue weighted by molar-refractivity contribution is 7.88. The van der Waals surface area contributed by atoms with Crippen LogP contribution in [-0.2, 0) is 14.8 Å². The number of aryl methyl sites for hydroxylation is 2. The molecule has 0 saturated carbocycles. The molecule has 1 fully saturated rings. The lowest BCUT2D eigenvalue weighted by Crippen LogP contribution is -2.49. The van der Waals surface area contributed by atoms with Gasteiger partial charge in [0.15, 0.2) is 5.13 Å². The van der Waals surface area contributed by atoms with Crippen molar-refractivity contribution in [3.05, 3.63) is 23.3 Å².